The van der Waals surface area contributed by atoms with E-state index in [1.54, 1.807) is 0 Å². The largest absolute Gasteiger partial charge is 0.399 e. The minimum atomic E-state index is 0.409. The van der Waals surface area contributed by atoms with Gasteiger partial charge in [-0.25, -0.2) is 9.97 Å². The second kappa shape index (κ2) is 4.53. The SMILES string of the molecule is Cc1cc(-c2nccc(C(C)C)n2)ccc1N. The summed E-state index contributed by atoms with van der Waals surface area (Å²) in [6.07, 6.45) is 1.81. The van der Waals surface area contributed by atoms with Crippen LogP contribution in [-0.4, -0.2) is 9.97 Å². The van der Waals surface area contributed by atoms with E-state index in [0.717, 1.165) is 28.3 Å². The normalized spacial score (nSPS) is 10.8. The Morgan fingerprint density at radius 2 is 1.94 bits per heavy atom. The third kappa shape index (κ3) is 2.44. The van der Waals surface area contributed by atoms with Crippen molar-refractivity contribution in [2.45, 2.75) is 26.7 Å². The van der Waals surface area contributed by atoms with Gasteiger partial charge in [-0.15, -0.1) is 0 Å². The van der Waals surface area contributed by atoms with Gasteiger partial charge in [0.15, 0.2) is 5.82 Å². The molecule has 88 valence electrons. The van der Waals surface area contributed by atoms with E-state index in [9.17, 15) is 0 Å². The van der Waals surface area contributed by atoms with Crippen LogP contribution in [0.15, 0.2) is 30.5 Å². The van der Waals surface area contributed by atoms with E-state index in [0.29, 0.717) is 5.92 Å². The van der Waals surface area contributed by atoms with Crippen LogP contribution in [0.2, 0.25) is 0 Å². The van der Waals surface area contributed by atoms with Crippen molar-refractivity contribution in [3.8, 4) is 11.4 Å². The first-order valence-electron chi connectivity index (χ1n) is 5.77. The molecule has 1 heterocycles. The average Bonchev–Trinajstić information content (AvgIpc) is 2.33. The second-order valence-electron chi connectivity index (χ2n) is 4.53. The molecule has 2 rings (SSSR count). The highest BCUT2D eigenvalue weighted by molar-refractivity contribution is 5.61. The number of hydrogen-bond donors (Lipinski definition) is 1. The first-order chi connectivity index (χ1) is 8.08. The molecule has 2 N–H and O–H groups in total. The van der Waals surface area contributed by atoms with E-state index >= 15 is 0 Å². The monoisotopic (exact) mass is 227 g/mol. The van der Waals surface area contributed by atoms with Crippen molar-refractivity contribution in [1.29, 1.82) is 0 Å². The summed E-state index contributed by atoms with van der Waals surface area (Å²) in [5.74, 6) is 1.17. The maximum absolute atomic E-state index is 5.80. The number of benzene rings is 1. The molecule has 17 heavy (non-hydrogen) atoms. The molecule has 0 aliphatic heterocycles. The number of hydrogen-bond acceptors (Lipinski definition) is 3. The van der Waals surface area contributed by atoms with Gasteiger partial charge in [0.2, 0.25) is 0 Å². The summed E-state index contributed by atoms with van der Waals surface area (Å²) in [5, 5.41) is 0. The molecule has 0 atom stereocenters. The van der Waals surface area contributed by atoms with Crippen LogP contribution in [0.4, 0.5) is 5.69 Å². The zero-order chi connectivity index (χ0) is 12.4. The van der Waals surface area contributed by atoms with Crippen LogP contribution >= 0.6 is 0 Å². The van der Waals surface area contributed by atoms with Gasteiger partial charge < -0.3 is 5.73 Å². The molecule has 3 heteroatoms. The van der Waals surface area contributed by atoms with E-state index in [1.165, 1.54) is 0 Å². The van der Waals surface area contributed by atoms with Crippen molar-refractivity contribution >= 4 is 5.69 Å². The molecule has 0 saturated carbocycles. The highest BCUT2D eigenvalue weighted by Crippen LogP contribution is 2.21. The molecule has 0 saturated heterocycles. The number of aryl methyl sites for hydroxylation is 1. The van der Waals surface area contributed by atoms with Crippen molar-refractivity contribution in [3.05, 3.63) is 41.7 Å². The van der Waals surface area contributed by atoms with Crippen LogP contribution in [0.3, 0.4) is 0 Å². The topological polar surface area (TPSA) is 51.8 Å². The fourth-order valence-corrected chi connectivity index (χ4v) is 1.65. The van der Waals surface area contributed by atoms with Gasteiger partial charge in [-0.1, -0.05) is 13.8 Å². The van der Waals surface area contributed by atoms with Gasteiger partial charge in [0.25, 0.3) is 0 Å². The Balaban J connectivity index is 2.45. The number of rotatable bonds is 2. The van der Waals surface area contributed by atoms with Gasteiger partial charge in [-0.3, -0.25) is 0 Å². The first-order valence-corrected chi connectivity index (χ1v) is 5.77. The summed E-state index contributed by atoms with van der Waals surface area (Å²) in [7, 11) is 0. The van der Waals surface area contributed by atoms with Gasteiger partial charge in [0, 0.05) is 23.1 Å². The fraction of sp³-hybridized carbons (Fsp3) is 0.286. The maximum Gasteiger partial charge on any atom is 0.159 e. The molecule has 1 aromatic carbocycles. The maximum atomic E-state index is 5.80. The molecule has 0 radical (unpaired) electrons. The minimum absolute atomic E-state index is 0.409. The predicted octanol–water partition coefficient (Wildman–Crippen LogP) is 3.16. The third-order valence-electron chi connectivity index (χ3n) is 2.80. The zero-order valence-electron chi connectivity index (χ0n) is 10.4. The smallest absolute Gasteiger partial charge is 0.159 e. The highest BCUT2D eigenvalue weighted by atomic mass is 14.9. The number of anilines is 1. The molecule has 1 aromatic heterocycles. The molecule has 0 fully saturated rings. The van der Waals surface area contributed by atoms with Crippen LogP contribution < -0.4 is 5.73 Å². The van der Waals surface area contributed by atoms with E-state index < -0.39 is 0 Å². The lowest BCUT2D eigenvalue weighted by Gasteiger charge is -2.07. The van der Waals surface area contributed by atoms with Gasteiger partial charge in [-0.2, -0.15) is 0 Å². The molecule has 0 aliphatic carbocycles. The van der Waals surface area contributed by atoms with Crippen molar-refractivity contribution in [3.63, 3.8) is 0 Å². The Kier molecular flexibility index (Phi) is 3.09. The summed E-state index contributed by atoms with van der Waals surface area (Å²) >= 11 is 0. The summed E-state index contributed by atoms with van der Waals surface area (Å²) in [5.41, 5.74) is 9.73. The van der Waals surface area contributed by atoms with Crippen LogP contribution in [0.1, 0.15) is 31.0 Å². The van der Waals surface area contributed by atoms with Gasteiger partial charge >= 0.3 is 0 Å². The lowest BCUT2D eigenvalue weighted by Crippen LogP contribution is -1.97. The predicted molar refractivity (Wildman–Crippen MR) is 70.7 cm³/mol. The Morgan fingerprint density at radius 3 is 2.59 bits per heavy atom. The lowest BCUT2D eigenvalue weighted by atomic mass is 10.1. The summed E-state index contributed by atoms with van der Waals surface area (Å²) < 4.78 is 0. The molecule has 3 nitrogen and oxygen atoms in total. The van der Waals surface area contributed by atoms with Gasteiger partial charge in [-0.05, 0) is 42.7 Å². The number of nitrogens with zero attached hydrogens (tertiary/aromatic N) is 2. The van der Waals surface area contributed by atoms with Gasteiger partial charge in [0.1, 0.15) is 0 Å². The van der Waals surface area contributed by atoms with Crippen LogP contribution in [0, 0.1) is 6.92 Å². The molecular weight excluding hydrogens is 210 g/mol. The van der Waals surface area contributed by atoms with Crippen molar-refractivity contribution < 1.29 is 0 Å². The standard InChI is InChI=1S/C14H17N3/c1-9(2)13-6-7-16-14(17-13)11-4-5-12(15)10(3)8-11/h4-9H,15H2,1-3H3. The van der Waals surface area contributed by atoms with Crippen molar-refractivity contribution in [1.82, 2.24) is 9.97 Å². The number of nitrogens with two attached hydrogens (primary N) is 1. The minimum Gasteiger partial charge on any atom is -0.399 e. The quantitative estimate of drug-likeness (QED) is 0.802. The molecule has 0 spiro atoms. The summed E-state index contributed by atoms with van der Waals surface area (Å²) in [4.78, 5) is 8.87. The van der Waals surface area contributed by atoms with Gasteiger partial charge in [0.05, 0.1) is 0 Å². The Morgan fingerprint density at radius 1 is 1.18 bits per heavy atom. The number of nitrogen functional groups attached to an aromatic ring is 1. The summed E-state index contributed by atoms with van der Waals surface area (Å²) in [6.45, 7) is 6.24. The van der Waals surface area contributed by atoms with Crippen LogP contribution in [0.25, 0.3) is 11.4 Å². The molecule has 0 amide bonds. The molecule has 0 aliphatic rings. The van der Waals surface area contributed by atoms with E-state index in [2.05, 4.69) is 23.8 Å². The Bertz CT molecular complexity index is 533. The highest BCUT2D eigenvalue weighted by Gasteiger charge is 2.06. The van der Waals surface area contributed by atoms with Crippen molar-refractivity contribution in [2.75, 3.05) is 5.73 Å². The van der Waals surface area contributed by atoms with Crippen LogP contribution in [-0.2, 0) is 0 Å². The van der Waals surface area contributed by atoms with E-state index in [1.807, 2.05) is 37.4 Å². The first kappa shape index (κ1) is 11.6. The molecule has 0 bridgehead atoms. The van der Waals surface area contributed by atoms with Crippen LogP contribution in [0.5, 0.6) is 0 Å². The average molecular weight is 227 g/mol. The summed E-state index contributed by atoms with van der Waals surface area (Å²) in [6, 6.07) is 7.84. The van der Waals surface area contributed by atoms with E-state index in [-0.39, 0.29) is 0 Å². The molecule has 2 aromatic rings. The third-order valence-corrected chi connectivity index (χ3v) is 2.80. The molecular formula is C14H17N3. The van der Waals surface area contributed by atoms with E-state index in [4.69, 9.17) is 5.73 Å². The lowest BCUT2D eigenvalue weighted by molar-refractivity contribution is 0.816. The fourth-order valence-electron chi connectivity index (χ4n) is 1.65. The molecule has 0 unspecified atom stereocenters. The zero-order valence-corrected chi connectivity index (χ0v) is 10.4. The van der Waals surface area contributed by atoms with Crippen molar-refractivity contribution in [2.24, 2.45) is 0 Å². The Hall–Kier alpha value is -1.90. The Labute approximate surface area is 102 Å². The number of aromatic nitrogens is 2. The second-order valence-corrected chi connectivity index (χ2v) is 4.53.